The number of nitrogens with zero attached hydrogens (tertiary/aromatic N) is 2. The molecule has 0 amide bonds. The molecule has 0 spiro atoms. The van der Waals surface area contributed by atoms with E-state index in [1.165, 1.54) is 5.56 Å². The van der Waals surface area contributed by atoms with Crippen LogP contribution in [0.4, 0.5) is 0 Å². The van der Waals surface area contributed by atoms with Crippen molar-refractivity contribution in [3.63, 3.8) is 0 Å². The second kappa shape index (κ2) is 4.17. The second-order valence-corrected chi connectivity index (χ2v) is 5.37. The molecule has 0 N–H and O–H groups in total. The standard InChI is InChI=1S/C12H16N2OS/c1-5-9-13-7(3)10-6(2)11(8(4)15)16-12(10)14-9/h6,11H,5H2,1-4H3. The number of aryl methyl sites for hydroxylation is 2. The van der Waals surface area contributed by atoms with Crippen molar-refractivity contribution in [2.45, 2.75) is 50.3 Å². The molecule has 0 aromatic carbocycles. The Morgan fingerprint density at radius 1 is 1.44 bits per heavy atom. The normalized spacial score (nSPS) is 23.2. The highest BCUT2D eigenvalue weighted by Crippen LogP contribution is 2.45. The van der Waals surface area contributed by atoms with E-state index >= 15 is 0 Å². The first-order chi connectivity index (χ1) is 7.54. The van der Waals surface area contributed by atoms with E-state index in [2.05, 4.69) is 16.9 Å². The van der Waals surface area contributed by atoms with Crippen molar-refractivity contribution in [1.82, 2.24) is 9.97 Å². The Morgan fingerprint density at radius 3 is 2.69 bits per heavy atom. The lowest BCUT2D eigenvalue weighted by atomic mass is 9.96. The largest absolute Gasteiger partial charge is 0.299 e. The number of Topliss-reactive ketones (excluding diaryl/α,β-unsaturated/α-hetero) is 1. The zero-order chi connectivity index (χ0) is 11.9. The van der Waals surface area contributed by atoms with Crippen LogP contribution in [0, 0.1) is 6.92 Å². The summed E-state index contributed by atoms with van der Waals surface area (Å²) in [5, 5.41) is 1.03. The van der Waals surface area contributed by atoms with Crippen LogP contribution in [0.1, 0.15) is 43.8 Å². The average Bonchev–Trinajstić information content (AvgIpc) is 2.56. The first-order valence-electron chi connectivity index (χ1n) is 5.59. The van der Waals surface area contributed by atoms with Gasteiger partial charge in [0.25, 0.3) is 0 Å². The van der Waals surface area contributed by atoms with Crippen LogP contribution in [0.5, 0.6) is 0 Å². The van der Waals surface area contributed by atoms with Crippen LogP contribution in [0.3, 0.4) is 0 Å². The Bertz CT molecular complexity index is 445. The highest BCUT2D eigenvalue weighted by molar-refractivity contribution is 8.01. The number of aromatic nitrogens is 2. The lowest BCUT2D eigenvalue weighted by molar-refractivity contribution is -0.116. The van der Waals surface area contributed by atoms with Gasteiger partial charge in [0, 0.05) is 23.6 Å². The molecule has 0 aliphatic carbocycles. The van der Waals surface area contributed by atoms with Crippen molar-refractivity contribution in [3.05, 3.63) is 17.1 Å². The molecule has 1 aromatic rings. The molecule has 86 valence electrons. The topological polar surface area (TPSA) is 42.9 Å². The number of hydrogen-bond donors (Lipinski definition) is 0. The molecule has 2 heterocycles. The zero-order valence-electron chi connectivity index (χ0n) is 10.1. The van der Waals surface area contributed by atoms with Gasteiger partial charge >= 0.3 is 0 Å². The first-order valence-corrected chi connectivity index (χ1v) is 6.47. The first kappa shape index (κ1) is 11.6. The Balaban J connectivity index is 2.47. The number of carbonyl (C=O) groups is 1. The van der Waals surface area contributed by atoms with E-state index in [0.717, 1.165) is 23.0 Å². The van der Waals surface area contributed by atoms with Crippen molar-refractivity contribution < 1.29 is 4.79 Å². The highest BCUT2D eigenvalue weighted by Gasteiger charge is 2.36. The fourth-order valence-corrected chi connectivity index (χ4v) is 3.56. The predicted octanol–water partition coefficient (Wildman–Crippen LogP) is 2.51. The predicted molar refractivity (Wildman–Crippen MR) is 64.9 cm³/mol. The second-order valence-electron chi connectivity index (χ2n) is 4.24. The van der Waals surface area contributed by atoms with E-state index in [0.29, 0.717) is 0 Å². The van der Waals surface area contributed by atoms with E-state index in [-0.39, 0.29) is 17.0 Å². The minimum Gasteiger partial charge on any atom is -0.299 e. The van der Waals surface area contributed by atoms with Gasteiger partial charge in [-0.15, -0.1) is 0 Å². The number of ketones is 1. The van der Waals surface area contributed by atoms with E-state index < -0.39 is 0 Å². The minimum absolute atomic E-state index is 0.0232. The summed E-state index contributed by atoms with van der Waals surface area (Å²) in [4.78, 5) is 20.5. The van der Waals surface area contributed by atoms with Crippen molar-refractivity contribution >= 4 is 17.5 Å². The average molecular weight is 236 g/mol. The molecule has 3 nitrogen and oxygen atoms in total. The number of carbonyl (C=O) groups excluding carboxylic acids is 1. The number of thioether (sulfide) groups is 1. The molecule has 0 radical (unpaired) electrons. The number of hydrogen-bond acceptors (Lipinski definition) is 4. The van der Waals surface area contributed by atoms with Gasteiger partial charge in [-0.2, -0.15) is 0 Å². The molecule has 4 heteroatoms. The van der Waals surface area contributed by atoms with E-state index in [1.54, 1.807) is 18.7 Å². The SMILES string of the molecule is CCc1nc(C)c2c(n1)SC(C(C)=O)C2C. The van der Waals surface area contributed by atoms with Crippen LogP contribution in [0.2, 0.25) is 0 Å². The molecule has 0 saturated carbocycles. The van der Waals surface area contributed by atoms with E-state index in [1.807, 2.05) is 13.8 Å². The van der Waals surface area contributed by atoms with E-state index in [9.17, 15) is 4.79 Å². The Hall–Kier alpha value is -0.900. The van der Waals surface area contributed by atoms with E-state index in [4.69, 9.17) is 0 Å². The summed E-state index contributed by atoms with van der Waals surface area (Å²) in [6, 6.07) is 0. The molecular weight excluding hydrogens is 220 g/mol. The van der Waals surface area contributed by atoms with Gasteiger partial charge < -0.3 is 0 Å². The molecule has 1 aromatic heterocycles. The minimum atomic E-state index is 0.0232. The summed E-state index contributed by atoms with van der Waals surface area (Å²) in [6.45, 7) is 7.81. The zero-order valence-corrected chi connectivity index (χ0v) is 10.9. The third kappa shape index (κ3) is 1.75. The molecule has 1 aliphatic heterocycles. The maximum Gasteiger partial charge on any atom is 0.143 e. The van der Waals surface area contributed by atoms with Gasteiger partial charge in [-0.25, -0.2) is 9.97 Å². The van der Waals surface area contributed by atoms with Crippen molar-refractivity contribution in [1.29, 1.82) is 0 Å². The van der Waals surface area contributed by atoms with Crippen LogP contribution >= 0.6 is 11.8 Å². The molecule has 0 saturated heterocycles. The van der Waals surface area contributed by atoms with Crippen molar-refractivity contribution in [2.24, 2.45) is 0 Å². The fourth-order valence-electron chi connectivity index (χ4n) is 2.19. The summed E-state index contributed by atoms with van der Waals surface area (Å²) < 4.78 is 0. The maximum atomic E-state index is 11.5. The third-order valence-corrected chi connectivity index (χ3v) is 4.54. The molecule has 16 heavy (non-hydrogen) atoms. The van der Waals surface area contributed by atoms with Crippen LogP contribution in [-0.2, 0) is 11.2 Å². The smallest absolute Gasteiger partial charge is 0.143 e. The van der Waals surface area contributed by atoms with Crippen molar-refractivity contribution in [2.75, 3.05) is 0 Å². The fraction of sp³-hybridized carbons (Fsp3) is 0.583. The third-order valence-electron chi connectivity index (χ3n) is 3.01. The van der Waals surface area contributed by atoms with Gasteiger partial charge in [0.2, 0.25) is 0 Å². The molecule has 1 aliphatic rings. The monoisotopic (exact) mass is 236 g/mol. The quantitative estimate of drug-likeness (QED) is 0.740. The van der Waals surface area contributed by atoms with Gasteiger partial charge in [-0.1, -0.05) is 25.6 Å². The number of rotatable bonds is 2. The van der Waals surface area contributed by atoms with Crippen LogP contribution in [0.15, 0.2) is 5.03 Å². The summed E-state index contributed by atoms with van der Waals surface area (Å²) >= 11 is 1.60. The number of fused-ring (bicyclic) bond motifs is 1. The Kier molecular flexibility index (Phi) is 3.02. The van der Waals surface area contributed by atoms with Gasteiger partial charge in [0.1, 0.15) is 16.6 Å². The van der Waals surface area contributed by atoms with Crippen molar-refractivity contribution in [3.8, 4) is 0 Å². The van der Waals surface area contributed by atoms with Crippen LogP contribution < -0.4 is 0 Å². The maximum absolute atomic E-state index is 11.5. The van der Waals surface area contributed by atoms with Gasteiger partial charge in [-0.3, -0.25) is 4.79 Å². The lowest BCUT2D eigenvalue weighted by Gasteiger charge is -2.11. The molecule has 0 fully saturated rings. The summed E-state index contributed by atoms with van der Waals surface area (Å²) in [5.41, 5.74) is 2.20. The van der Waals surface area contributed by atoms with Gasteiger partial charge in [0.05, 0.1) is 5.25 Å². The molecule has 0 bridgehead atoms. The highest BCUT2D eigenvalue weighted by atomic mass is 32.2. The summed E-state index contributed by atoms with van der Waals surface area (Å²) in [5.74, 6) is 1.34. The lowest BCUT2D eigenvalue weighted by Crippen LogP contribution is -2.16. The Morgan fingerprint density at radius 2 is 2.12 bits per heavy atom. The molecule has 2 atom stereocenters. The Labute approximate surface area is 100 Å². The van der Waals surface area contributed by atoms with Gasteiger partial charge in [0.15, 0.2) is 0 Å². The molecule has 2 unspecified atom stereocenters. The summed E-state index contributed by atoms with van der Waals surface area (Å²) in [7, 11) is 0. The van der Waals surface area contributed by atoms with Crippen LogP contribution in [-0.4, -0.2) is 21.0 Å². The van der Waals surface area contributed by atoms with Crippen LogP contribution in [0.25, 0.3) is 0 Å². The molecule has 2 rings (SSSR count). The molecular formula is C12H16N2OS. The van der Waals surface area contributed by atoms with Gasteiger partial charge in [-0.05, 0) is 13.8 Å². The summed E-state index contributed by atoms with van der Waals surface area (Å²) in [6.07, 6.45) is 0.841.